The van der Waals surface area contributed by atoms with Crippen LogP contribution >= 0.6 is 11.6 Å². The minimum absolute atomic E-state index is 0.00936. The summed E-state index contributed by atoms with van der Waals surface area (Å²) in [5.41, 5.74) is 3.04. The zero-order valence-electron chi connectivity index (χ0n) is 11.3. The van der Waals surface area contributed by atoms with E-state index in [4.69, 9.17) is 11.6 Å². The number of nitro groups is 1. The van der Waals surface area contributed by atoms with Crippen molar-refractivity contribution < 1.29 is 4.92 Å². The van der Waals surface area contributed by atoms with E-state index in [0.717, 1.165) is 16.8 Å². The van der Waals surface area contributed by atoms with Gasteiger partial charge < -0.3 is 5.32 Å². The monoisotopic (exact) mass is 290 g/mol. The summed E-state index contributed by atoms with van der Waals surface area (Å²) in [6, 6.07) is 12.3. The molecule has 20 heavy (non-hydrogen) atoms. The van der Waals surface area contributed by atoms with Gasteiger partial charge in [-0.05, 0) is 37.1 Å². The van der Waals surface area contributed by atoms with Crippen LogP contribution in [0.3, 0.4) is 0 Å². The molecule has 0 aliphatic heterocycles. The van der Waals surface area contributed by atoms with E-state index in [1.165, 1.54) is 12.1 Å². The molecule has 1 N–H and O–H groups in total. The van der Waals surface area contributed by atoms with E-state index in [1.54, 1.807) is 12.1 Å². The van der Waals surface area contributed by atoms with Gasteiger partial charge in [-0.15, -0.1) is 0 Å². The van der Waals surface area contributed by atoms with Crippen LogP contribution in [0.2, 0.25) is 5.02 Å². The van der Waals surface area contributed by atoms with Crippen molar-refractivity contribution in [3.05, 3.63) is 68.7 Å². The number of aryl methyl sites for hydroxylation is 1. The minimum atomic E-state index is -0.403. The molecule has 5 heteroatoms. The van der Waals surface area contributed by atoms with Crippen LogP contribution in [0.1, 0.15) is 24.1 Å². The third-order valence-corrected chi connectivity index (χ3v) is 3.43. The topological polar surface area (TPSA) is 55.2 Å². The molecule has 2 aromatic carbocycles. The van der Waals surface area contributed by atoms with Gasteiger partial charge in [0, 0.05) is 18.2 Å². The number of rotatable bonds is 4. The molecule has 104 valence electrons. The third kappa shape index (κ3) is 3.27. The van der Waals surface area contributed by atoms with Crippen LogP contribution in [-0.2, 0) is 0 Å². The Labute approximate surface area is 122 Å². The van der Waals surface area contributed by atoms with Crippen molar-refractivity contribution in [2.24, 2.45) is 0 Å². The molecule has 0 aliphatic rings. The molecule has 1 unspecified atom stereocenters. The van der Waals surface area contributed by atoms with Gasteiger partial charge in [-0.1, -0.05) is 29.8 Å². The molecule has 0 amide bonds. The smallest absolute Gasteiger partial charge is 0.269 e. The lowest BCUT2D eigenvalue weighted by atomic mass is 10.1. The van der Waals surface area contributed by atoms with Crippen LogP contribution in [-0.4, -0.2) is 4.92 Å². The van der Waals surface area contributed by atoms with Gasteiger partial charge >= 0.3 is 0 Å². The number of benzene rings is 2. The quantitative estimate of drug-likeness (QED) is 0.654. The Kier molecular flexibility index (Phi) is 4.25. The Morgan fingerprint density at radius 2 is 1.85 bits per heavy atom. The predicted octanol–water partition coefficient (Wildman–Crippen LogP) is 4.73. The summed E-state index contributed by atoms with van der Waals surface area (Å²) in [4.78, 5) is 10.2. The maximum Gasteiger partial charge on any atom is 0.269 e. The number of nitrogens with zero attached hydrogens (tertiary/aromatic N) is 1. The maximum atomic E-state index is 10.6. The Hall–Kier alpha value is -2.07. The van der Waals surface area contributed by atoms with Crippen molar-refractivity contribution in [1.82, 2.24) is 0 Å². The fourth-order valence-corrected chi connectivity index (χ4v) is 2.12. The van der Waals surface area contributed by atoms with E-state index in [1.807, 2.05) is 32.0 Å². The molecule has 0 bridgehead atoms. The molecule has 0 spiro atoms. The first-order valence-electron chi connectivity index (χ1n) is 6.24. The molecular formula is C15H15ClN2O2. The van der Waals surface area contributed by atoms with Crippen molar-refractivity contribution in [1.29, 1.82) is 0 Å². The summed E-state index contributed by atoms with van der Waals surface area (Å²) < 4.78 is 0. The Morgan fingerprint density at radius 1 is 1.20 bits per heavy atom. The second-order valence-corrected chi connectivity index (χ2v) is 5.11. The Balaban J connectivity index is 2.17. The van der Waals surface area contributed by atoms with Crippen molar-refractivity contribution >= 4 is 23.0 Å². The predicted molar refractivity (Wildman–Crippen MR) is 81.3 cm³/mol. The maximum absolute atomic E-state index is 10.6. The number of anilines is 1. The molecule has 0 aliphatic carbocycles. The number of non-ortho nitro benzene ring substituents is 1. The van der Waals surface area contributed by atoms with E-state index in [-0.39, 0.29) is 11.7 Å². The molecule has 0 heterocycles. The zero-order chi connectivity index (χ0) is 14.7. The Bertz CT molecular complexity index is 626. The number of hydrogen-bond donors (Lipinski definition) is 1. The first kappa shape index (κ1) is 14.3. The van der Waals surface area contributed by atoms with Crippen LogP contribution in [0.5, 0.6) is 0 Å². The highest BCUT2D eigenvalue weighted by Crippen LogP contribution is 2.27. The van der Waals surface area contributed by atoms with Crippen LogP contribution in [0, 0.1) is 17.0 Å². The highest BCUT2D eigenvalue weighted by molar-refractivity contribution is 6.33. The highest BCUT2D eigenvalue weighted by atomic mass is 35.5. The molecule has 0 aromatic heterocycles. The zero-order valence-corrected chi connectivity index (χ0v) is 12.0. The van der Waals surface area contributed by atoms with Gasteiger partial charge in [0.2, 0.25) is 0 Å². The number of halogens is 1. The highest BCUT2D eigenvalue weighted by Gasteiger charge is 2.10. The van der Waals surface area contributed by atoms with Crippen LogP contribution in [0.4, 0.5) is 11.4 Å². The van der Waals surface area contributed by atoms with E-state index < -0.39 is 4.92 Å². The normalized spacial score (nSPS) is 11.9. The van der Waals surface area contributed by atoms with E-state index >= 15 is 0 Å². The summed E-state index contributed by atoms with van der Waals surface area (Å²) in [5.74, 6) is 0. The SMILES string of the molecule is Cc1ccc(Cl)c(NC(C)c2ccc([N+](=O)[O-])cc2)c1. The summed E-state index contributed by atoms with van der Waals surface area (Å²) >= 11 is 6.14. The second kappa shape index (κ2) is 5.92. The first-order chi connectivity index (χ1) is 9.47. The molecule has 0 saturated carbocycles. The van der Waals surface area contributed by atoms with Crippen LogP contribution < -0.4 is 5.32 Å². The average molecular weight is 291 g/mol. The fraction of sp³-hybridized carbons (Fsp3) is 0.200. The van der Waals surface area contributed by atoms with Gasteiger partial charge in [0.15, 0.2) is 0 Å². The Morgan fingerprint density at radius 3 is 2.45 bits per heavy atom. The van der Waals surface area contributed by atoms with Gasteiger partial charge in [-0.2, -0.15) is 0 Å². The lowest BCUT2D eigenvalue weighted by Crippen LogP contribution is -2.07. The van der Waals surface area contributed by atoms with Gasteiger partial charge in [-0.25, -0.2) is 0 Å². The second-order valence-electron chi connectivity index (χ2n) is 4.70. The fourth-order valence-electron chi connectivity index (χ4n) is 1.95. The lowest BCUT2D eigenvalue weighted by molar-refractivity contribution is -0.384. The van der Waals surface area contributed by atoms with Crippen molar-refractivity contribution in [2.45, 2.75) is 19.9 Å². The van der Waals surface area contributed by atoms with E-state index in [0.29, 0.717) is 5.02 Å². The van der Waals surface area contributed by atoms with Gasteiger partial charge in [-0.3, -0.25) is 10.1 Å². The summed E-state index contributed by atoms with van der Waals surface area (Å²) in [6.07, 6.45) is 0. The molecule has 2 aromatic rings. The molecule has 0 radical (unpaired) electrons. The van der Waals surface area contributed by atoms with Gasteiger partial charge in [0.05, 0.1) is 15.6 Å². The van der Waals surface area contributed by atoms with Crippen molar-refractivity contribution in [2.75, 3.05) is 5.32 Å². The average Bonchev–Trinajstić information content (AvgIpc) is 2.43. The minimum Gasteiger partial charge on any atom is -0.377 e. The van der Waals surface area contributed by atoms with Gasteiger partial charge in [0.1, 0.15) is 0 Å². The molecule has 4 nitrogen and oxygen atoms in total. The van der Waals surface area contributed by atoms with Crippen LogP contribution in [0.15, 0.2) is 42.5 Å². The van der Waals surface area contributed by atoms with Gasteiger partial charge in [0.25, 0.3) is 5.69 Å². The summed E-state index contributed by atoms with van der Waals surface area (Å²) in [5, 5.41) is 14.6. The van der Waals surface area contributed by atoms with Crippen molar-refractivity contribution in [3.8, 4) is 0 Å². The van der Waals surface area contributed by atoms with Crippen LogP contribution in [0.25, 0.3) is 0 Å². The third-order valence-electron chi connectivity index (χ3n) is 3.10. The molecule has 0 fully saturated rings. The van der Waals surface area contributed by atoms with E-state index in [2.05, 4.69) is 5.32 Å². The number of nitro benzene ring substituents is 1. The summed E-state index contributed by atoms with van der Waals surface area (Å²) in [6.45, 7) is 3.98. The molecular weight excluding hydrogens is 276 g/mol. The molecule has 0 saturated heterocycles. The lowest BCUT2D eigenvalue weighted by Gasteiger charge is -2.17. The number of hydrogen-bond acceptors (Lipinski definition) is 3. The summed E-state index contributed by atoms with van der Waals surface area (Å²) in [7, 11) is 0. The largest absolute Gasteiger partial charge is 0.377 e. The number of nitrogens with one attached hydrogen (secondary N) is 1. The standard InChI is InChI=1S/C15H15ClN2O2/c1-10-3-8-14(16)15(9-10)17-11(2)12-4-6-13(7-5-12)18(19)20/h3-9,11,17H,1-2H3. The molecule has 1 atom stereocenters. The van der Waals surface area contributed by atoms with E-state index in [9.17, 15) is 10.1 Å². The van der Waals surface area contributed by atoms with Crippen molar-refractivity contribution in [3.63, 3.8) is 0 Å². The molecule has 2 rings (SSSR count). The first-order valence-corrected chi connectivity index (χ1v) is 6.62.